The van der Waals surface area contributed by atoms with Gasteiger partial charge in [0.2, 0.25) is 5.91 Å². The highest BCUT2D eigenvalue weighted by Gasteiger charge is 2.30. The summed E-state index contributed by atoms with van der Waals surface area (Å²) in [6.45, 7) is 3.67. The highest BCUT2D eigenvalue weighted by Crippen LogP contribution is 2.32. The topological polar surface area (TPSA) is 61.4 Å². The summed E-state index contributed by atoms with van der Waals surface area (Å²) in [6, 6.07) is 20.0. The number of likely N-dealkylation sites (tertiary alicyclic amines) is 1. The Bertz CT molecular complexity index is 1150. The molecule has 1 heterocycles. The first kappa shape index (κ1) is 20.7. The van der Waals surface area contributed by atoms with Crippen molar-refractivity contribution in [2.24, 2.45) is 5.92 Å². The number of benzene rings is 3. The van der Waals surface area contributed by atoms with Gasteiger partial charge in [0, 0.05) is 19.0 Å². The van der Waals surface area contributed by atoms with Crippen LogP contribution in [0.3, 0.4) is 0 Å². The van der Waals surface area contributed by atoms with Gasteiger partial charge in [0.25, 0.3) is 5.91 Å². The molecule has 0 radical (unpaired) electrons. The Morgan fingerprint density at radius 1 is 0.875 bits per heavy atom. The van der Waals surface area contributed by atoms with Crippen molar-refractivity contribution < 1.29 is 9.59 Å². The number of fused-ring (bicyclic) bond motifs is 1. The quantitative estimate of drug-likeness (QED) is 0.574. The number of hydrogen-bond donors (Lipinski definition) is 2. The standard InChI is InChI=1S/C27H29N3O2/c31-26(19-11-12-19)29-25-16-21-8-2-1-7-20(21)15-24(25)27(32)28-17-22-9-3-4-10-23(22)18-30-13-5-6-14-30/h1-4,7-10,15-16,19H,5-6,11-14,17-18H2,(H,28,32)(H,29,31). The lowest BCUT2D eigenvalue weighted by atomic mass is 10.0. The van der Waals surface area contributed by atoms with E-state index in [9.17, 15) is 9.59 Å². The van der Waals surface area contributed by atoms with Crippen LogP contribution in [0.4, 0.5) is 5.69 Å². The average molecular weight is 428 g/mol. The van der Waals surface area contributed by atoms with Crippen molar-refractivity contribution in [1.29, 1.82) is 0 Å². The van der Waals surface area contributed by atoms with E-state index in [1.165, 1.54) is 18.4 Å². The number of carbonyl (C=O) groups excluding carboxylic acids is 2. The number of amides is 2. The molecule has 5 rings (SSSR count). The summed E-state index contributed by atoms with van der Waals surface area (Å²) < 4.78 is 0. The van der Waals surface area contributed by atoms with Gasteiger partial charge in [0.05, 0.1) is 11.3 Å². The second kappa shape index (κ2) is 9.13. The molecule has 1 saturated carbocycles. The first-order chi connectivity index (χ1) is 15.7. The van der Waals surface area contributed by atoms with E-state index in [4.69, 9.17) is 0 Å². The van der Waals surface area contributed by atoms with Gasteiger partial charge in [-0.05, 0) is 72.8 Å². The molecule has 0 atom stereocenters. The molecule has 3 aromatic carbocycles. The molecule has 1 aliphatic heterocycles. The fraction of sp³-hybridized carbons (Fsp3) is 0.333. The van der Waals surface area contributed by atoms with Crippen molar-refractivity contribution in [3.8, 4) is 0 Å². The predicted molar refractivity (Wildman–Crippen MR) is 127 cm³/mol. The van der Waals surface area contributed by atoms with Crippen molar-refractivity contribution in [1.82, 2.24) is 10.2 Å². The summed E-state index contributed by atoms with van der Waals surface area (Å²) in [7, 11) is 0. The third-order valence-electron chi connectivity index (χ3n) is 6.49. The van der Waals surface area contributed by atoms with E-state index >= 15 is 0 Å². The van der Waals surface area contributed by atoms with Crippen LogP contribution in [-0.2, 0) is 17.9 Å². The zero-order valence-corrected chi connectivity index (χ0v) is 18.3. The molecule has 0 aromatic heterocycles. The highest BCUT2D eigenvalue weighted by molar-refractivity contribution is 6.08. The van der Waals surface area contributed by atoms with Gasteiger partial charge in [-0.15, -0.1) is 0 Å². The van der Waals surface area contributed by atoms with E-state index in [1.54, 1.807) is 0 Å². The third-order valence-corrected chi connectivity index (χ3v) is 6.49. The second-order valence-corrected chi connectivity index (χ2v) is 8.94. The fourth-order valence-corrected chi connectivity index (χ4v) is 4.45. The van der Waals surface area contributed by atoms with Crippen LogP contribution in [0.2, 0.25) is 0 Å². The van der Waals surface area contributed by atoms with Gasteiger partial charge >= 0.3 is 0 Å². The monoisotopic (exact) mass is 427 g/mol. The van der Waals surface area contributed by atoms with Crippen molar-refractivity contribution in [3.05, 3.63) is 77.4 Å². The van der Waals surface area contributed by atoms with Gasteiger partial charge in [-0.1, -0.05) is 48.5 Å². The van der Waals surface area contributed by atoms with E-state index in [-0.39, 0.29) is 17.7 Å². The Morgan fingerprint density at radius 3 is 2.25 bits per heavy atom. The minimum absolute atomic E-state index is 0.00490. The first-order valence-electron chi connectivity index (χ1n) is 11.6. The molecule has 2 amide bonds. The lowest BCUT2D eigenvalue weighted by Crippen LogP contribution is -2.26. The third kappa shape index (κ3) is 4.68. The SMILES string of the molecule is O=C(NCc1ccccc1CN1CCCC1)c1cc2ccccc2cc1NC(=O)C1CC1. The molecule has 164 valence electrons. The fourth-order valence-electron chi connectivity index (χ4n) is 4.45. The minimum Gasteiger partial charge on any atom is -0.348 e. The van der Waals surface area contributed by atoms with Crippen molar-refractivity contribution in [3.63, 3.8) is 0 Å². The van der Waals surface area contributed by atoms with Crippen molar-refractivity contribution in [2.45, 2.75) is 38.8 Å². The van der Waals surface area contributed by atoms with Gasteiger partial charge in [-0.2, -0.15) is 0 Å². The van der Waals surface area contributed by atoms with E-state index < -0.39 is 0 Å². The maximum absolute atomic E-state index is 13.2. The van der Waals surface area contributed by atoms with Crippen LogP contribution in [0.5, 0.6) is 0 Å². The molecule has 2 N–H and O–H groups in total. The van der Waals surface area contributed by atoms with Gasteiger partial charge < -0.3 is 10.6 Å². The summed E-state index contributed by atoms with van der Waals surface area (Å²) in [5.74, 6) is -0.0852. The van der Waals surface area contributed by atoms with Crippen LogP contribution in [0, 0.1) is 5.92 Å². The van der Waals surface area contributed by atoms with Crippen molar-refractivity contribution >= 4 is 28.3 Å². The van der Waals surface area contributed by atoms with Gasteiger partial charge in [0.15, 0.2) is 0 Å². The molecule has 2 fully saturated rings. The molecule has 0 unspecified atom stereocenters. The Balaban J connectivity index is 1.36. The second-order valence-electron chi connectivity index (χ2n) is 8.94. The Labute approximate surface area is 188 Å². The highest BCUT2D eigenvalue weighted by atomic mass is 16.2. The lowest BCUT2D eigenvalue weighted by Gasteiger charge is -2.18. The van der Waals surface area contributed by atoms with Gasteiger partial charge in [-0.3, -0.25) is 14.5 Å². The Hall–Kier alpha value is -3.18. The molecule has 5 heteroatoms. The summed E-state index contributed by atoms with van der Waals surface area (Å²) in [5.41, 5.74) is 3.49. The maximum Gasteiger partial charge on any atom is 0.253 e. The molecule has 1 saturated heterocycles. The number of hydrogen-bond acceptors (Lipinski definition) is 3. The molecular formula is C27H29N3O2. The van der Waals surface area contributed by atoms with E-state index in [0.29, 0.717) is 17.8 Å². The lowest BCUT2D eigenvalue weighted by molar-refractivity contribution is -0.117. The zero-order valence-electron chi connectivity index (χ0n) is 18.3. The molecular weight excluding hydrogens is 398 g/mol. The van der Waals surface area contributed by atoms with Gasteiger partial charge in [0.1, 0.15) is 0 Å². The molecule has 2 aliphatic rings. The Kier molecular flexibility index (Phi) is 5.91. The molecule has 3 aromatic rings. The zero-order chi connectivity index (χ0) is 21.9. The van der Waals surface area contributed by atoms with Crippen LogP contribution in [-0.4, -0.2) is 29.8 Å². The number of rotatable bonds is 7. The summed E-state index contributed by atoms with van der Waals surface area (Å²) in [6.07, 6.45) is 4.37. The van der Waals surface area contributed by atoms with Gasteiger partial charge in [-0.25, -0.2) is 0 Å². The van der Waals surface area contributed by atoms with Crippen LogP contribution < -0.4 is 10.6 Å². The summed E-state index contributed by atoms with van der Waals surface area (Å²) in [4.78, 5) is 28.1. The first-order valence-corrected chi connectivity index (χ1v) is 11.6. The molecule has 1 aliphatic carbocycles. The maximum atomic E-state index is 13.2. The molecule has 0 bridgehead atoms. The van der Waals surface area contributed by atoms with Crippen LogP contribution >= 0.6 is 0 Å². The van der Waals surface area contributed by atoms with Crippen molar-refractivity contribution in [2.75, 3.05) is 18.4 Å². The largest absolute Gasteiger partial charge is 0.348 e. The molecule has 0 spiro atoms. The van der Waals surface area contributed by atoms with Crippen LogP contribution in [0.1, 0.15) is 47.2 Å². The smallest absolute Gasteiger partial charge is 0.253 e. The van der Waals surface area contributed by atoms with E-state index in [1.807, 2.05) is 42.5 Å². The normalized spacial score (nSPS) is 16.2. The van der Waals surface area contributed by atoms with E-state index in [2.05, 4.69) is 33.7 Å². The number of nitrogens with one attached hydrogen (secondary N) is 2. The number of carbonyl (C=O) groups is 2. The van der Waals surface area contributed by atoms with Crippen LogP contribution in [0.25, 0.3) is 10.8 Å². The number of anilines is 1. The minimum atomic E-state index is -0.169. The Morgan fingerprint density at radius 2 is 1.53 bits per heavy atom. The average Bonchev–Trinajstić information content (AvgIpc) is 3.55. The molecule has 5 nitrogen and oxygen atoms in total. The predicted octanol–water partition coefficient (Wildman–Crippen LogP) is 4.71. The van der Waals surface area contributed by atoms with E-state index in [0.717, 1.165) is 48.8 Å². The summed E-state index contributed by atoms with van der Waals surface area (Å²) >= 11 is 0. The molecule has 32 heavy (non-hydrogen) atoms. The van der Waals surface area contributed by atoms with Crippen LogP contribution in [0.15, 0.2) is 60.7 Å². The summed E-state index contributed by atoms with van der Waals surface area (Å²) in [5, 5.41) is 8.08. The number of nitrogens with zero attached hydrogens (tertiary/aromatic N) is 1.